The SMILES string of the molecule is Cc1cccc(N)c1S(=O)(=O)N1CCC(C(F)(F)F)CC1. The van der Waals surface area contributed by atoms with Crippen LogP contribution in [0.25, 0.3) is 0 Å². The number of hydrogen-bond donors (Lipinski definition) is 1. The number of alkyl halides is 3. The molecule has 2 rings (SSSR count). The average molecular weight is 322 g/mol. The molecule has 0 aliphatic carbocycles. The molecule has 1 aliphatic heterocycles. The second-order valence-corrected chi connectivity index (χ2v) is 7.09. The molecule has 118 valence electrons. The third-order valence-electron chi connectivity index (χ3n) is 3.76. The fourth-order valence-electron chi connectivity index (χ4n) is 2.58. The lowest BCUT2D eigenvalue weighted by Crippen LogP contribution is -2.42. The molecule has 1 saturated heterocycles. The number of sulfonamides is 1. The maximum absolute atomic E-state index is 12.6. The number of benzene rings is 1. The van der Waals surface area contributed by atoms with Gasteiger partial charge in [-0.1, -0.05) is 12.1 Å². The van der Waals surface area contributed by atoms with Gasteiger partial charge in [0, 0.05) is 13.1 Å². The van der Waals surface area contributed by atoms with Crippen molar-refractivity contribution in [2.45, 2.75) is 30.8 Å². The quantitative estimate of drug-likeness (QED) is 0.851. The predicted octanol–water partition coefficient (Wildman–Crippen LogP) is 2.54. The van der Waals surface area contributed by atoms with Gasteiger partial charge in [0.25, 0.3) is 0 Å². The second-order valence-electron chi connectivity index (χ2n) is 5.21. The highest BCUT2D eigenvalue weighted by molar-refractivity contribution is 7.89. The fourth-order valence-corrected chi connectivity index (χ4v) is 4.37. The number of piperidine rings is 1. The van der Waals surface area contributed by atoms with E-state index in [1.54, 1.807) is 19.1 Å². The molecule has 1 aliphatic rings. The van der Waals surface area contributed by atoms with E-state index in [2.05, 4.69) is 0 Å². The topological polar surface area (TPSA) is 63.4 Å². The number of halogens is 3. The summed E-state index contributed by atoms with van der Waals surface area (Å²) < 4.78 is 64.1. The van der Waals surface area contributed by atoms with Gasteiger partial charge in [-0.25, -0.2) is 8.42 Å². The lowest BCUT2D eigenvalue weighted by Gasteiger charge is -2.32. The van der Waals surface area contributed by atoms with Gasteiger partial charge in [-0.15, -0.1) is 0 Å². The van der Waals surface area contributed by atoms with Crippen molar-refractivity contribution in [2.24, 2.45) is 5.92 Å². The van der Waals surface area contributed by atoms with Gasteiger partial charge in [-0.05, 0) is 31.4 Å². The molecule has 0 spiro atoms. The minimum absolute atomic E-state index is 0.00420. The third kappa shape index (κ3) is 3.16. The van der Waals surface area contributed by atoms with Crippen LogP contribution in [0.5, 0.6) is 0 Å². The Morgan fingerprint density at radius 1 is 1.24 bits per heavy atom. The molecule has 21 heavy (non-hydrogen) atoms. The summed E-state index contributed by atoms with van der Waals surface area (Å²) in [5.74, 6) is -1.43. The van der Waals surface area contributed by atoms with Gasteiger partial charge < -0.3 is 5.73 Å². The molecule has 1 aromatic carbocycles. The Labute approximate surface area is 121 Å². The van der Waals surface area contributed by atoms with Crippen molar-refractivity contribution in [3.8, 4) is 0 Å². The first-order chi connectivity index (χ1) is 9.64. The number of hydrogen-bond acceptors (Lipinski definition) is 3. The van der Waals surface area contributed by atoms with E-state index in [1.807, 2.05) is 0 Å². The molecule has 0 bridgehead atoms. The molecular weight excluding hydrogens is 305 g/mol. The second kappa shape index (κ2) is 5.49. The molecule has 0 saturated carbocycles. The summed E-state index contributed by atoms with van der Waals surface area (Å²) in [7, 11) is -3.85. The lowest BCUT2D eigenvalue weighted by atomic mass is 9.98. The van der Waals surface area contributed by atoms with E-state index in [1.165, 1.54) is 6.07 Å². The standard InChI is InChI=1S/C13H17F3N2O2S/c1-9-3-2-4-11(17)12(9)21(19,20)18-7-5-10(6-8-18)13(14,15)16/h2-4,10H,5-8,17H2,1H3. The number of nitrogen functional groups attached to an aromatic ring is 1. The molecule has 8 heteroatoms. The van der Waals surface area contributed by atoms with Gasteiger partial charge in [0.15, 0.2) is 0 Å². The summed E-state index contributed by atoms with van der Waals surface area (Å²) in [5, 5.41) is 0. The molecular formula is C13H17F3N2O2S. The summed E-state index contributed by atoms with van der Waals surface area (Å²) in [4.78, 5) is -0.00420. The Morgan fingerprint density at radius 2 is 1.81 bits per heavy atom. The number of aryl methyl sites for hydroxylation is 1. The van der Waals surface area contributed by atoms with Crippen LogP contribution in [0.2, 0.25) is 0 Å². The zero-order chi connectivity index (χ0) is 15.8. The van der Waals surface area contributed by atoms with E-state index >= 15 is 0 Å². The van der Waals surface area contributed by atoms with Gasteiger partial charge in [-0.2, -0.15) is 17.5 Å². The van der Waals surface area contributed by atoms with Gasteiger partial charge in [0.2, 0.25) is 10.0 Å². The van der Waals surface area contributed by atoms with Gasteiger partial charge in [0.05, 0.1) is 11.6 Å². The average Bonchev–Trinajstić information content (AvgIpc) is 2.37. The molecule has 0 atom stereocenters. The van der Waals surface area contributed by atoms with E-state index in [0.29, 0.717) is 5.56 Å². The summed E-state index contributed by atoms with van der Waals surface area (Å²) in [5.41, 5.74) is 6.34. The monoisotopic (exact) mass is 322 g/mol. The number of anilines is 1. The molecule has 4 nitrogen and oxygen atoms in total. The molecule has 0 aromatic heterocycles. The fraction of sp³-hybridized carbons (Fsp3) is 0.538. The van der Waals surface area contributed by atoms with Crippen molar-refractivity contribution in [3.05, 3.63) is 23.8 Å². The third-order valence-corrected chi connectivity index (χ3v) is 5.88. The normalized spacial score (nSPS) is 18.9. The van der Waals surface area contributed by atoms with Crippen LogP contribution in [-0.2, 0) is 10.0 Å². The van der Waals surface area contributed by atoms with Crippen molar-refractivity contribution in [1.29, 1.82) is 0 Å². The van der Waals surface area contributed by atoms with Gasteiger partial charge in [-0.3, -0.25) is 0 Å². The van der Waals surface area contributed by atoms with E-state index in [9.17, 15) is 21.6 Å². The highest BCUT2D eigenvalue weighted by Crippen LogP contribution is 2.36. The molecule has 2 N–H and O–H groups in total. The van der Waals surface area contributed by atoms with Gasteiger partial charge in [0.1, 0.15) is 4.90 Å². The Hall–Kier alpha value is -1.28. The summed E-state index contributed by atoms with van der Waals surface area (Å²) in [6.07, 6.45) is -4.69. The van der Waals surface area contributed by atoms with E-state index in [4.69, 9.17) is 5.73 Å². The van der Waals surface area contributed by atoms with E-state index < -0.39 is 22.1 Å². The number of nitrogens with two attached hydrogens (primary N) is 1. The maximum atomic E-state index is 12.6. The molecule has 1 aromatic rings. The van der Waals surface area contributed by atoms with Crippen LogP contribution in [0.3, 0.4) is 0 Å². The van der Waals surface area contributed by atoms with Crippen molar-refractivity contribution in [2.75, 3.05) is 18.8 Å². The van der Waals surface area contributed by atoms with E-state index in [-0.39, 0.29) is 36.5 Å². The highest BCUT2D eigenvalue weighted by Gasteiger charge is 2.43. The highest BCUT2D eigenvalue weighted by atomic mass is 32.2. The van der Waals surface area contributed by atoms with Crippen LogP contribution in [0, 0.1) is 12.8 Å². The first kappa shape index (κ1) is 16.1. The summed E-state index contributed by atoms with van der Waals surface area (Å²) >= 11 is 0. The van der Waals surface area contributed by atoms with Crippen LogP contribution in [0.4, 0.5) is 18.9 Å². The Balaban J connectivity index is 2.23. The van der Waals surface area contributed by atoms with Crippen LogP contribution >= 0.6 is 0 Å². The van der Waals surface area contributed by atoms with Crippen LogP contribution in [-0.4, -0.2) is 32.0 Å². The summed E-state index contributed by atoms with van der Waals surface area (Å²) in [6.45, 7) is 1.34. The minimum Gasteiger partial charge on any atom is -0.398 e. The first-order valence-electron chi connectivity index (χ1n) is 6.56. The van der Waals surface area contributed by atoms with Crippen molar-refractivity contribution < 1.29 is 21.6 Å². The molecule has 1 fully saturated rings. The van der Waals surface area contributed by atoms with Crippen molar-refractivity contribution in [1.82, 2.24) is 4.31 Å². The largest absolute Gasteiger partial charge is 0.398 e. The van der Waals surface area contributed by atoms with Crippen LogP contribution < -0.4 is 5.73 Å². The Bertz CT molecular complexity index is 601. The number of rotatable bonds is 2. The Morgan fingerprint density at radius 3 is 2.29 bits per heavy atom. The van der Waals surface area contributed by atoms with Crippen LogP contribution in [0.1, 0.15) is 18.4 Å². The zero-order valence-electron chi connectivity index (χ0n) is 11.5. The van der Waals surface area contributed by atoms with Crippen molar-refractivity contribution in [3.63, 3.8) is 0 Å². The van der Waals surface area contributed by atoms with E-state index in [0.717, 1.165) is 4.31 Å². The van der Waals surface area contributed by atoms with Crippen LogP contribution in [0.15, 0.2) is 23.1 Å². The maximum Gasteiger partial charge on any atom is 0.391 e. The molecule has 0 unspecified atom stereocenters. The minimum atomic E-state index is -4.27. The Kier molecular flexibility index (Phi) is 4.21. The molecule has 0 radical (unpaired) electrons. The van der Waals surface area contributed by atoms with Gasteiger partial charge >= 0.3 is 6.18 Å². The lowest BCUT2D eigenvalue weighted by molar-refractivity contribution is -0.182. The van der Waals surface area contributed by atoms with Crippen molar-refractivity contribution >= 4 is 15.7 Å². The summed E-state index contributed by atoms with van der Waals surface area (Å²) in [6, 6.07) is 4.73. The number of nitrogens with zero attached hydrogens (tertiary/aromatic N) is 1. The zero-order valence-corrected chi connectivity index (χ0v) is 12.3. The first-order valence-corrected chi connectivity index (χ1v) is 8.00. The predicted molar refractivity (Wildman–Crippen MR) is 73.1 cm³/mol. The smallest absolute Gasteiger partial charge is 0.391 e. The molecule has 0 amide bonds. The molecule has 1 heterocycles.